The molecule has 0 amide bonds. The van der Waals surface area contributed by atoms with Gasteiger partial charge >= 0.3 is 0 Å². The summed E-state index contributed by atoms with van der Waals surface area (Å²) in [7, 11) is 0. The van der Waals surface area contributed by atoms with Crippen LogP contribution in [0, 0.1) is 0 Å². The van der Waals surface area contributed by atoms with Crippen LogP contribution in [-0.2, 0) is 0 Å². The van der Waals surface area contributed by atoms with Crippen molar-refractivity contribution in [3.05, 3.63) is 112 Å². The van der Waals surface area contributed by atoms with Crippen LogP contribution >= 0.6 is 23.2 Å². The molecule has 0 fully saturated rings. The minimum atomic E-state index is -0.582. The summed E-state index contributed by atoms with van der Waals surface area (Å²) in [6.45, 7) is 0. The first-order chi connectivity index (χ1) is 14.4. The maximum Gasteiger partial charge on any atom is 0.266 e. The van der Waals surface area contributed by atoms with Crippen molar-refractivity contribution in [2.75, 3.05) is 0 Å². The van der Waals surface area contributed by atoms with Gasteiger partial charge in [0.2, 0.25) is 0 Å². The average molecular weight is 437 g/mol. The Morgan fingerprint density at radius 3 is 1.13 bits per heavy atom. The third-order valence-corrected chi connectivity index (χ3v) is 5.49. The lowest BCUT2D eigenvalue weighted by atomic mass is 10.1. The molecule has 0 aliphatic rings. The number of halogens is 2. The van der Waals surface area contributed by atoms with Crippen molar-refractivity contribution >= 4 is 44.7 Å². The minimum absolute atomic E-state index is 0.0628. The van der Waals surface area contributed by atoms with Crippen molar-refractivity contribution in [3.8, 4) is 11.4 Å². The normalized spacial score (nSPS) is 11.5. The van der Waals surface area contributed by atoms with E-state index >= 15 is 0 Å². The number of aromatic nitrogens is 2. The van der Waals surface area contributed by atoms with Gasteiger partial charge in [-0.25, -0.2) is 9.13 Å². The van der Waals surface area contributed by atoms with E-state index in [1.54, 1.807) is 36.4 Å². The molecule has 0 unspecified atom stereocenters. The fourth-order valence-electron chi connectivity index (χ4n) is 3.67. The molecule has 6 nitrogen and oxygen atoms in total. The summed E-state index contributed by atoms with van der Waals surface area (Å²) < 4.78 is 1.96. The Labute approximate surface area is 177 Å². The maximum absolute atomic E-state index is 12.9. The first-order valence-corrected chi connectivity index (χ1v) is 9.59. The maximum atomic E-state index is 12.9. The standard InChI is InChI=1S/C22H10Cl2N2O4/c23-11-3-1-5-13(7-11)25-19(27)15-9-17-18(10-16(15)20(25)28)22(30)26(21(17)29)14-6-2-4-12(24)8-14/h1-10H. The molecule has 5 rings (SSSR count). The van der Waals surface area contributed by atoms with E-state index in [0.29, 0.717) is 21.4 Å². The SMILES string of the molecule is O=c1c2cc3c(=O)n(-c4cccc(Cl)c4)c(=O)c3cc2c(=O)n1-c1cccc(Cl)c1. The van der Waals surface area contributed by atoms with E-state index in [9.17, 15) is 19.2 Å². The summed E-state index contributed by atoms with van der Waals surface area (Å²) in [6.07, 6.45) is 0. The molecular formula is C22H10Cl2N2O4. The Kier molecular flexibility index (Phi) is 4.03. The van der Waals surface area contributed by atoms with Crippen LogP contribution in [0.15, 0.2) is 79.8 Å². The van der Waals surface area contributed by atoms with Gasteiger partial charge in [-0.05, 0) is 48.5 Å². The summed E-state index contributed by atoms with van der Waals surface area (Å²) in [5, 5.41) is 0.990. The second-order valence-corrected chi connectivity index (χ2v) is 7.67. The lowest BCUT2D eigenvalue weighted by Gasteiger charge is -2.00. The van der Waals surface area contributed by atoms with E-state index < -0.39 is 22.2 Å². The Balaban J connectivity index is 1.86. The third-order valence-electron chi connectivity index (χ3n) is 5.02. The first-order valence-electron chi connectivity index (χ1n) is 8.83. The third kappa shape index (κ3) is 2.58. The predicted molar refractivity (Wildman–Crippen MR) is 118 cm³/mol. The highest BCUT2D eigenvalue weighted by molar-refractivity contribution is 6.31. The molecule has 2 aromatic heterocycles. The highest BCUT2D eigenvalue weighted by atomic mass is 35.5. The molecule has 3 aromatic carbocycles. The Morgan fingerprint density at radius 2 is 0.833 bits per heavy atom. The van der Waals surface area contributed by atoms with Gasteiger partial charge in [-0.1, -0.05) is 35.3 Å². The zero-order chi connectivity index (χ0) is 21.2. The van der Waals surface area contributed by atoms with Crippen LogP contribution in [0.5, 0.6) is 0 Å². The molecule has 30 heavy (non-hydrogen) atoms. The number of hydrogen-bond donors (Lipinski definition) is 0. The lowest BCUT2D eigenvalue weighted by molar-refractivity contribution is 0.988. The Morgan fingerprint density at radius 1 is 0.500 bits per heavy atom. The number of rotatable bonds is 2. The molecule has 0 atom stereocenters. The summed E-state index contributed by atoms with van der Waals surface area (Å²) >= 11 is 12.0. The van der Waals surface area contributed by atoms with Crippen LogP contribution in [0.2, 0.25) is 10.0 Å². The molecule has 5 aromatic rings. The fourth-order valence-corrected chi connectivity index (χ4v) is 4.04. The highest BCUT2D eigenvalue weighted by Crippen LogP contribution is 2.19. The van der Waals surface area contributed by atoms with Gasteiger partial charge in [-0.3, -0.25) is 19.2 Å². The smallest absolute Gasteiger partial charge is 0.266 e. The van der Waals surface area contributed by atoms with Crippen molar-refractivity contribution < 1.29 is 0 Å². The molecule has 0 N–H and O–H groups in total. The number of fused-ring (bicyclic) bond motifs is 2. The summed E-state index contributed by atoms with van der Waals surface area (Å²) in [5.74, 6) is 0. The summed E-state index contributed by atoms with van der Waals surface area (Å²) in [6, 6.07) is 15.3. The van der Waals surface area contributed by atoms with Crippen LogP contribution in [0.3, 0.4) is 0 Å². The first kappa shape index (κ1) is 18.5. The van der Waals surface area contributed by atoms with Gasteiger partial charge < -0.3 is 0 Å². The fraction of sp³-hybridized carbons (Fsp3) is 0. The van der Waals surface area contributed by atoms with Gasteiger partial charge in [0.05, 0.1) is 32.9 Å². The van der Waals surface area contributed by atoms with Crippen molar-refractivity contribution in [2.24, 2.45) is 0 Å². The van der Waals surface area contributed by atoms with Gasteiger partial charge in [0.1, 0.15) is 0 Å². The van der Waals surface area contributed by atoms with Crippen LogP contribution in [0.25, 0.3) is 32.9 Å². The van der Waals surface area contributed by atoms with E-state index in [0.717, 1.165) is 9.13 Å². The van der Waals surface area contributed by atoms with Crippen LogP contribution in [0.4, 0.5) is 0 Å². The van der Waals surface area contributed by atoms with Crippen LogP contribution in [0.1, 0.15) is 0 Å². The van der Waals surface area contributed by atoms with Crippen molar-refractivity contribution in [3.63, 3.8) is 0 Å². The van der Waals surface area contributed by atoms with E-state index in [1.807, 2.05) is 0 Å². The van der Waals surface area contributed by atoms with Crippen LogP contribution in [-0.4, -0.2) is 9.13 Å². The average Bonchev–Trinajstić information content (AvgIpc) is 3.11. The number of hydrogen-bond acceptors (Lipinski definition) is 4. The van der Waals surface area contributed by atoms with Gasteiger partial charge in [0.25, 0.3) is 22.2 Å². The van der Waals surface area contributed by atoms with E-state index in [2.05, 4.69) is 0 Å². The van der Waals surface area contributed by atoms with E-state index in [-0.39, 0.29) is 21.5 Å². The highest BCUT2D eigenvalue weighted by Gasteiger charge is 2.21. The molecule has 0 spiro atoms. The molecule has 146 valence electrons. The second kappa shape index (κ2) is 6.52. The molecule has 8 heteroatoms. The summed E-state index contributed by atoms with van der Waals surface area (Å²) in [4.78, 5) is 51.8. The molecular weight excluding hydrogens is 427 g/mol. The van der Waals surface area contributed by atoms with Gasteiger partial charge in [-0.15, -0.1) is 0 Å². The molecule has 0 aliphatic heterocycles. The lowest BCUT2D eigenvalue weighted by Crippen LogP contribution is -2.24. The predicted octanol–water partition coefficient (Wildman–Crippen LogP) is 3.20. The Hall–Kier alpha value is -3.48. The van der Waals surface area contributed by atoms with E-state index in [1.165, 1.54) is 24.3 Å². The molecule has 0 radical (unpaired) electrons. The molecule has 0 bridgehead atoms. The molecule has 2 heterocycles. The molecule has 0 saturated heterocycles. The largest absolute Gasteiger partial charge is 0.268 e. The minimum Gasteiger partial charge on any atom is -0.268 e. The van der Waals surface area contributed by atoms with Crippen molar-refractivity contribution in [1.82, 2.24) is 9.13 Å². The summed E-state index contributed by atoms with van der Waals surface area (Å²) in [5.41, 5.74) is -1.70. The van der Waals surface area contributed by atoms with Gasteiger partial charge in [0, 0.05) is 10.0 Å². The van der Waals surface area contributed by atoms with Crippen LogP contribution < -0.4 is 22.2 Å². The van der Waals surface area contributed by atoms with E-state index in [4.69, 9.17) is 23.2 Å². The number of nitrogens with zero attached hydrogens (tertiary/aromatic N) is 2. The molecule has 0 aliphatic carbocycles. The monoisotopic (exact) mass is 436 g/mol. The topological polar surface area (TPSA) is 78.1 Å². The molecule has 0 saturated carbocycles. The zero-order valence-corrected chi connectivity index (χ0v) is 16.6. The zero-order valence-electron chi connectivity index (χ0n) is 15.1. The van der Waals surface area contributed by atoms with Crippen molar-refractivity contribution in [1.29, 1.82) is 0 Å². The van der Waals surface area contributed by atoms with Crippen molar-refractivity contribution in [2.45, 2.75) is 0 Å². The van der Waals surface area contributed by atoms with Gasteiger partial charge in [0.15, 0.2) is 0 Å². The number of benzene rings is 3. The quantitative estimate of drug-likeness (QED) is 0.425. The second-order valence-electron chi connectivity index (χ2n) is 6.79. The Bertz CT molecular complexity index is 1500. The van der Waals surface area contributed by atoms with Gasteiger partial charge in [-0.2, -0.15) is 0 Å².